The molecule has 16 heteroatoms. The van der Waals surface area contributed by atoms with Gasteiger partial charge in [-0.05, 0) is 68.5 Å². The number of aliphatic carboxylic acids is 2. The molecule has 2 atom stereocenters. The van der Waals surface area contributed by atoms with Crippen molar-refractivity contribution in [3.05, 3.63) is 70.8 Å². The number of nitrogens with one attached hydrogen (secondary N) is 5. The lowest BCUT2D eigenvalue weighted by Crippen LogP contribution is -2.52. The van der Waals surface area contributed by atoms with Crippen LogP contribution in [0.2, 0.25) is 0 Å². The third-order valence-corrected chi connectivity index (χ3v) is 6.63. The van der Waals surface area contributed by atoms with Crippen LogP contribution in [0.3, 0.4) is 0 Å². The van der Waals surface area contributed by atoms with Crippen molar-refractivity contribution in [1.29, 1.82) is 0 Å². The molecule has 47 heavy (non-hydrogen) atoms. The topological polar surface area (TPSA) is 263 Å². The first-order valence-electron chi connectivity index (χ1n) is 14.6. The predicted octanol–water partition coefficient (Wildman–Crippen LogP) is -0.541. The summed E-state index contributed by atoms with van der Waals surface area (Å²) in [5.41, 5.74) is 6.48. The van der Waals surface area contributed by atoms with Gasteiger partial charge in [-0.25, -0.2) is 4.79 Å². The lowest BCUT2D eigenvalue weighted by molar-refractivity contribution is -0.142. The first-order valence-corrected chi connectivity index (χ1v) is 14.6. The van der Waals surface area contributed by atoms with E-state index in [1.807, 2.05) is 0 Å². The summed E-state index contributed by atoms with van der Waals surface area (Å²) in [4.78, 5) is 96.4. The van der Waals surface area contributed by atoms with E-state index in [1.165, 1.54) is 18.2 Å². The molecule has 9 N–H and O–H groups in total. The molecule has 0 aliphatic rings. The number of rotatable bonds is 19. The van der Waals surface area contributed by atoms with Gasteiger partial charge in [-0.1, -0.05) is 18.2 Å². The largest absolute Gasteiger partial charge is 0.481 e. The van der Waals surface area contributed by atoms with Crippen LogP contribution < -0.4 is 32.3 Å². The van der Waals surface area contributed by atoms with E-state index in [-0.39, 0.29) is 29.9 Å². The van der Waals surface area contributed by atoms with Gasteiger partial charge in [0.05, 0.1) is 13.1 Å². The Labute approximate surface area is 269 Å². The molecular formula is C31H38N6O10. The average Bonchev–Trinajstić information content (AvgIpc) is 3.03. The van der Waals surface area contributed by atoms with Gasteiger partial charge in [0.2, 0.25) is 23.6 Å². The highest BCUT2D eigenvalue weighted by molar-refractivity contribution is 6.01. The summed E-state index contributed by atoms with van der Waals surface area (Å²) in [5.74, 6) is -6.88. The number of carboxylic acid groups (broad SMARTS) is 2. The SMILES string of the molecule is Cc1cc(C(N)=O)cc(C(=O)NCC(=O)NC(CCC(=O)O)C(=O)NCC(=O)NC(CCCCNC(=O)c2ccccc2)C(=O)O)c1. The van der Waals surface area contributed by atoms with Gasteiger partial charge in [-0.15, -0.1) is 0 Å². The minimum atomic E-state index is -1.40. The van der Waals surface area contributed by atoms with Crippen LogP contribution in [0.4, 0.5) is 0 Å². The minimum absolute atomic E-state index is 0.0473. The quantitative estimate of drug-likeness (QED) is 0.0897. The van der Waals surface area contributed by atoms with E-state index in [0.29, 0.717) is 30.5 Å². The number of hydrogen-bond donors (Lipinski definition) is 8. The van der Waals surface area contributed by atoms with Gasteiger partial charge in [-0.3, -0.25) is 33.6 Å². The number of benzene rings is 2. The second kappa shape index (κ2) is 18.9. The molecule has 2 aromatic rings. The van der Waals surface area contributed by atoms with Gasteiger partial charge in [-0.2, -0.15) is 0 Å². The minimum Gasteiger partial charge on any atom is -0.481 e. The van der Waals surface area contributed by atoms with Crippen molar-refractivity contribution in [2.24, 2.45) is 5.73 Å². The Hall–Kier alpha value is -5.80. The van der Waals surface area contributed by atoms with Crippen LogP contribution in [0.5, 0.6) is 0 Å². The van der Waals surface area contributed by atoms with Gasteiger partial charge in [0.15, 0.2) is 0 Å². The van der Waals surface area contributed by atoms with Gasteiger partial charge < -0.3 is 42.5 Å². The second-order valence-corrected chi connectivity index (χ2v) is 10.5. The monoisotopic (exact) mass is 654 g/mol. The van der Waals surface area contributed by atoms with E-state index >= 15 is 0 Å². The molecule has 6 amide bonds. The molecule has 0 heterocycles. The number of amides is 6. The van der Waals surface area contributed by atoms with Crippen LogP contribution in [0.15, 0.2) is 48.5 Å². The van der Waals surface area contributed by atoms with Crippen LogP contribution in [-0.2, 0) is 24.0 Å². The Morgan fingerprint density at radius 2 is 1.30 bits per heavy atom. The molecule has 2 unspecified atom stereocenters. The molecule has 0 aliphatic carbocycles. The molecule has 0 radical (unpaired) electrons. The summed E-state index contributed by atoms with van der Waals surface area (Å²) in [6.07, 6.45) is -0.00994. The Balaban J connectivity index is 1.84. The highest BCUT2D eigenvalue weighted by Crippen LogP contribution is 2.09. The number of hydrogen-bond acceptors (Lipinski definition) is 8. The fourth-order valence-electron chi connectivity index (χ4n) is 4.26. The normalized spacial score (nSPS) is 11.7. The first kappa shape index (κ1) is 37.4. The van der Waals surface area contributed by atoms with E-state index in [1.54, 1.807) is 37.3 Å². The van der Waals surface area contributed by atoms with Crippen LogP contribution in [0, 0.1) is 6.92 Å². The summed E-state index contributed by atoms with van der Waals surface area (Å²) in [6, 6.07) is 10.1. The highest BCUT2D eigenvalue weighted by Gasteiger charge is 2.24. The third kappa shape index (κ3) is 13.8. The standard InChI is InChI=1S/C31H38N6O10/c1-18-13-20(27(32)42)15-21(14-18)29(44)34-16-24(38)36-22(10-11-26(40)41)30(45)35-17-25(39)37-23(31(46)47)9-5-6-12-33-28(43)19-7-3-2-4-8-19/h2-4,7-8,13-15,22-23H,5-6,9-12,16-17H2,1H3,(H2,32,42)(H,33,43)(H,34,44)(H,35,45)(H,36,38)(H,37,39)(H,40,41)(H,46,47). The van der Waals surface area contributed by atoms with Gasteiger partial charge in [0.1, 0.15) is 12.1 Å². The fraction of sp³-hybridized carbons (Fsp3) is 0.355. The molecule has 252 valence electrons. The smallest absolute Gasteiger partial charge is 0.326 e. The summed E-state index contributed by atoms with van der Waals surface area (Å²) >= 11 is 0. The second-order valence-electron chi connectivity index (χ2n) is 10.5. The van der Waals surface area contributed by atoms with Crippen molar-refractivity contribution >= 4 is 47.4 Å². The maximum absolute atomic E-state index is 12.7. The molecule has 2 rings (SSSR count). The molecule has 2 aromatic carbocycles. The average molecular weight is 655 g/mol. The Morgan fingerprint density at radius 1 is 0.702 bits per heavy atom. The molecular weight excluding hydrogens is 616 g/mol. The van der Waals surface area contributed by atoms with E-state index in [0.717, 1.165) is 0 Å². The lowest BCUT2D eigenvalue weighted by atomic mass is 10.1. The number of carbonyl (C=O) groups excluding carboxylic acids is 6. The number of carbonyl (C=O) groups is 8. The molecule has 0 aliphatic heterocycles. The maximum atomic E-state index is 12.7. The van der Waals surface area contributed by atoms with Crippen molar-refractivity contribution in [3.8, 4) is 0 Å². The number of aryl methyl sites for hydroxylation is 1. The van der Waals surface area contributed by atoms with Crippen LogP contribution in [-0.4, -0.2) is 89.3 Å². The van der Waals surface area contributed by atoms with Gasteiger partial charge >= 0.3 is 11.9 Å². The number of nitrogens with two attached hydrogens (primary N) is 1. The first-order chi connectivity index (χ1) is 22.3. The zero-order chi connectivity index (χ0) is 34.9. The van der Waals surface area contributed by atoms with Crippen molar-refractivity contribution in [2.75, 3.05) is 19.6 Å². The Morgan fingerprint density at radius 3 is 1.91 bits per heavy atom. The zero-order valence-electron chi connectivity index (χ0n) is 25.7. The molecule has 0 spiro atoms. The Bertz CT molecular complexity index is 1480. The molecule has 0 saturated heterocycles. The molecule has 0 aromatic heterocycles. The van der Waals surface area contributed by atoms with E-state index in [4.69, 9.17) is 10.8 Å². The van der Waals surface area contributed by atoms with Crippen molar-refractivity contribution in [1.82, 2.24) is 26.6 Å². The molecule has 0 bridgehead atoms. The molecule has 0 fully saturated rings. The maximum Gasteiger partial charge on any atom is 0.326 e. The number of primary amides is 1. The molecule has 16 nitrogen and oxygen atoms in total. The van der Waals surface area contributed by atoms with Gasteiger partial charge in [0, 0.05) is 29.7 Å². The zero-order valence-corrected chi connectivity index (χ0v) is 25.7. The van der Waals surface area contributed by atoms with Crippen LogP contribution in [0.25, 0.3) is 0 Å². The predicted molar refractivity (Wildman–Crippen MR) is 166 cm³/mol. The van der Waals surface area contributed by atoms with Crippen molar-refractivity contribution in [2.45, 2.75) is 51.1 Å². The number of unbranched alkanes of at least 4 members (excludes halogenated alkanes) is 1. The van der Waals surface area contributed by atoms with Crippen molar-refractivity contribution in [3.63, 3.8) is 0 Å². The highest BCUT2D eigenvalue weighted by atomic mass is 16.4. The van der Waals surface area contributed by atoms with Crippen LogP contribution in [0.1, 0.15) is 68.7 Å². The molecule has 0 saturated carbocycles. The summed E-state index contributed by atoms with van der Waals surface area (Å²) < 4.78 is 0. The van der Waals surface area contributed by atoms with Gasteiger partial charge in [0.25, 0.3) is 11.8 Å². The third-order valence-electron chi connectivity index (χ3n) is 6.63. The van der Waals surface area contributed by atoms with Crippen LogP contribution >= 0.6 is 0 Å². The van der Waals surface area contributed by atoms with Crippen molar-refractivity contribution < 1.29 is 48.6 Å². The summed E-state index contributed by atoms with van der Waals surface area (Å²) in [7, 11) is 0. The Kier molecular flexibility index (Phi) is 15.0. The van der Waals surface area contributed by atoms with E-state index in [2.05, 4.69) is 26.6 Å². The lowest BCUT2D eigenvalue weighted by Gasteiger charge is -2.19. The van der Waals surface area contributed by atoms with E-state index < -0.39 is 73.1 Å². The number of carboxylic acids is 2. The summed E-state index contributed by atoms with van der Waals surface area (Å²) in [5, 5.41) is 30.4. The summed E-state index contributed by atoms with van der Waals surface area (Å²) in [6.45, 7) is 0.661. The fourth-order valence-corrected chi connectivity index (χ4v) is 4.26. The van der Waals surface area contributed by atoms with E-state index in [9.17, 15) is 43.5 Å².